The van der Waals surface area contributed by atoms with Gasteiger partial charge in [0.25, 0.3) is 0 Å². The summed E-state index contributed by atoms with van der Waals surface area (Å²) < 4.78 is 2.27. The van der Waals surface area contributed by atoms with Crippen LogP contribution in [0.15, 0.2) is 54.6 Å². The Balaban J connectivity index is 0.00000110. The summed E-state index contributed by atoms with van der Waals surface area (Å²) in [6.07, 6.45) is 0. The molecule has 0 saturated carbocycles. The molecule has 0 atom stereocenters. The first-order valence-corrected chi connectivity index (χ1v) is 6.13. The SMILES string of the molecule is C[n+]1c2ccccc2cc2[nH]c3ccccc3c21.Cl. The molecule has 0 aliphatic rings. The van der Waals surface area contributed by atoms with Crippen LogP contribution in [-0.2, 0) is 7.05 Å². The van der Waals surface area contributed by atoms with Gasteiger partial charge in [0.15, 0.2) is 0 Å². The fourth-order valence-electron chi connectivity index (χ4n) is 2.80. The minimum Gasteiger partial charge on any atom is -0.349 e. The summed E-state index contributed by atoms with van der Waals surface area (Å²) >= 11 is 0. The van der Waals surface area contributed by atoms with Gasteiger partial charge in [-0.3, -0.25) is 0 Å². The molecule has 0 aliphatic carbocycles. The van der Waals surface area contributed by atoms with Gasteiger partial charge in [0.1, 0.15) is 12.6 Å². The highest BCUT2D eigenvalue weighted by molar-refractivity contribution is 6.05. The van der Waals surface area contributed by atoms with Crippen molar-refractivity contribution in [2.24, 2.45) is 7.05 Å². The average molecular weight is 270 g/mol. The predicted molar refractivity (Wildman–Crippen MR) is 81.7 cm³/mol. The maximum absolute atomic E-state index is 3.49. The van der Waals surface area contributed by atoms with E-state index in [0.29, 0.717) is 0 Å². The summed E-state index contributed by atoms with van der Waals surface area (Å²) in [4.78, 5) is 3.49. The van der Waals surface area contributed by atoms with Crippen molar-refractivity contribution in [1.29, 1.82) is 0 Å². The van der Waals surface area contributed by atoms with Crippen LogP contribution < -0.4 is 4.57 Å². The third-order valence-corrected chi connectivity index (χ3v) is 3.64. The molecule has 0 radical (unpaired) electrons. The number of para-hydroxylation sites is 2. The van der Waals surface area contributed by atoms with Gasteiger partial charge in [0, 0.05) is 11.5 Å². The first-order chi connectivity index (χ1) is 8.84. The van der Waals surface area contributed by atoms with Crippen molar-refractivity contribution in [3.63, 3.8) is 0 Å². The number of nitrogens with zero attached hydrogens (tertiary/aromatic N) is 1. The van der Waals surface area contributed by atoms with Gasteiger partial charge in [0.05, 0.1) is 10.9 Å². The number of rotatable bonds is 0. The summed E-state index contributed by atoms with van der Waals surface area (Å²) in [6, 6.07) is 19.2. The Labute approximate surface area is 117 Å². The van der Waals surface area contributed by atoms with Crippen LogP contribution in [0.4, 0.5) is 0 Å². The zero-order valence-electron chi connectivity index (χ0n) is 10.6. The number of hydrogen-bond donors (Lipinski definition) is 1. The van der Waals surface area contributed by atoms with E-state index in [1.54, 1.807) is 0 Å². The Kier molecular flexibility index (Phi) is 2.68. The third kappa shape index (κ3) is 1.60. The molecule has 3 heteroatoms. The fraction of sp³-hybridized carbons (Fsp3) is 0.0625. The van der Waals surface area contributed by atoms with E-state index in [4.69, 9.17) is 0 Å². The van der Waals surface area contributed by atoms with Gasteiger partial charge in [0.2, 0.25) is 11.0 Å². The zero-order chi connectivity index (χ0) is 12.1. The average Bonchev–Trinajstić information content (AvgIpc) is 2.77. The van der Waals surface area contributed by atoms with E-state index in [9.17, 15) is 0 Å². The maximum Gasteiger partial charge on any atom is 0.238 e. The third-order valence-electron chi connectivity index (χ3n) is 3.64. The van der Waals surface area contributed by atoms with Crippen molar-refractivity contribution in [1.82, 2.24) is 4.98 Å². The number of fused-ring (bicyclic) bond motifs is 4. The molecule has 0 aliphatic heterocycles. The standard InChI is InChI=1S/C16H12N2.ClH/c1-18-15-9-5-2-6-11(15)10-14-16(18)12-7-3-4-8-13(12)17-14;/h2-10H,1H3;1H/p+1. The molecule has 4 rings (SSSR count). The fourth-order valence-corrected chi connectivity index (χ4v) is 2.80. The zero-order valence-corrected chi connectivity index (χ0v) is 11.4. The maximum atomic E-state index is 3.49. The molecule has 19 heavy (non-hydrogen) atoms. The van der Waals surface area contributed by atoms with Crippen LogP contribution >= 0.6 is 12.4 Å². The van der Waals surface area contributed by atoms with E-state index >= 15 is 0 Å². The highest BCUT2D eigenvalue weighted by Crippen LogP contribution is 2.24. The molecule has 2 nitrogen and oxygen atoms in total. The van der Waals surface area contributed by atoms with Crippen molar-refractivity contribution in [2.75, 3.05) is 0 Å². The Morgan fingerprint density at radius 2 is 1.63 bits per heavy atom. The van der Waals surface area contributed by atoms with Crippen molar-refractivity contribution in [3.05, 3.63) is 54.6 Å². The second-order valence-corrected chi connectivity index (χ2v) is 4.70. The van der Waals surface area contributed by atoms with Crippen LogP contribution in [-0.4, -0.2) is 4.98 Å². The van der Waals surface area contributed by atoms with E-state index in [1.807, 2.05) is 0 Å². The minimum absolute atomic E-state index is 0. The van der Waals surface area contributed by atoms with Gasteiger partial charge in [-0.15, -0.1) is 12.4 Å². The lowest BCUT2D eigenvalue weighted by Gasteiger charge is -1.98. The van der Waals surface area contributed by atoms with Gasteiger partial charge in [-0.25, -0.2) is 0 Å². The molecular weight excluding hydrogens is 256 g/mol. The van der Waals surface area contributed by atoms with Crippen LogP contribution in [0.3, 0.4) is 0 Å². The molecule has 0 spiro atoms. The Hall–Kier alpha value is -2.06. The molecule has 0 unspecified atom stereocenters. The first kappa shape index (κ1) is 12.0. The highest BCUT2D eigenvalue weighted by Gasteiger charge is 2.16. The lowest BCUT2D eigenvalue weighted by molar-refractivity contribution is -0.616. The van der Waals surface area contributed by atoms with E-state index in [1.165, 1.54) is 32.8 Å². The number of benzene rings is 2. The van der Waals surface area contributed by atoms with E-state index in [0.717, 1.165) is 0 Å². The lowest BCUT2D eigenvalue weighted by atomic mass is 10.1. The second-order valence-electron chi connectivity index (χ2n) is 4.70. The van der Waals surface area contributed by atoms with E-state index in [2.05, 4.69) is 71.2 Å². The second kappa shape index (κ2) is 4.25. The summed E-state index contributed by atoms with van der Waals surface area (Å²) in [6.45, 7) is 0. The molecule has 0 bridgehead atoms. The van der Waals surface area contributed by atoms with Crippen LogP contribution in [0.5, 0.6) is 0 Å². The lowest BCUT2D eigenvalue weighted by Crippen LogP contribution is -2.29. The van der Waals surface area contributed by atoms with E-state index in [-0.39, 0.29) is 12.4 Å². The van der Waals surface area contributed by atoms with Crippen LogP contribution in [0, 0.1) is 0 Å². The van der Waals surface area contributed by atoms with Crippen molar-refractivity contribution in [3.8, 4) is 0 Å². The number of nitrogens with one attached hydrogen (secondary N) is 1. The summed E-state index contributed by atoms with van der Waals surface area (Å²) in [5.41, 5.74) is 4.91. The number of pyridine rings is 1. The number of aromatic nitrogens is 2. The Bertz CT molecular complexity index is 893. The molecular formula is C16H14ClN2+. The monoisotopic (exact) mass is 269 g/mol. The largest absolute Gasteiger partial charge is 0.349 e. The molecule has 2 heterocycles. The smallest absolute Gasteiger partial charge is 0.238 e. The highest BCUT2D eigenvalue weighted by atomic mass is 35.5. The summed E-state index contributed by atoms with van der Waals surface area (Å²) in [7, 11) is 2.13. The summed E-state index contributed by atoms with van der Waals surface area (Å²) in [5, 5.41) is 2.54. The molecule has 0 fully saturated rings. The van der Waals surface area contributed by atoms with Crippen LogP contribution in [0.25, 0.3) is 32.8 Å². The van der Waals surface area contributed by atoms with Crippen LogP contribution in [0.1, 0.15) is 0 Å². The van der Waals surface area contributed by atoms with Crippen molar-refractivity contribution < 1.29 is 4.57 Å². The Morgan fingerprint density at radius 1 is 0.895 bits per heavy atom. The molecule has 2 aromatic carbocycles. The number of halogens is 1. The quantitative estimate of drug-likeness (QED) is 0.470. The molecule has 1 N–H and O–H groups in total. The van der Waals surface area contributed by atoms with Crippen molar-refractivity contribution >= 4 is 45.2 Å². The van der Waals surface area contributed by atoms with Gasteiger partial charge in [-0.2, -0.15) is 4.57 Å². The van der Waals surface area contributed by atoms with Gasteiger partial charge >= 0.3 is 0 Å². The van der Waals surface area contributed by atoms with Gasteiger partial charge < -0.3 is 4.98 Å². The molecule has 2 aromatic heterocycles. The van der Waals surface area contributed by atoms with Gasteiger partial charge in [-0.05, 0) is 24.3 Å². The number of aromatic amines is 1. The molecule has 0 saturated heterocycles. The first-order valence-electron chi connectivity index (χ1n) is 6.13. The number of aryl methyl sites for hydroxylation is 1. The van der Waals surface area contributed by atoms with E-state index < -0.39 is 0 Å². The molecule has 94 valence electrons. The molecule has 4 aromatic rings. The van der Waals surface area contributed by atoms with Crippen LogP contribution in [0.2, 0.25) is 0 Å². The molecule has 0 amide bonds. The summed E-state index contributed by atoms with van der Waals surface area (Å²) in [5.74, 6) is 0. The normalized spacial score (nSPS) is 11.0. The predicted octanol–water partition coefficient (Wildman–Crippen LogP) is 3.72. The minimum atomic E-state index is 0. The van der Waals surface area contributed by atoms with Crippen molar-refractivity contribution in [2.45, 2.75) is 0 Å². The van der Waals surface area contributed by atoms with Gasteiger partial charge in [-0.1, -0.05) is 24.3 Å². The Morgan fingerprint density at radius 3 is 2.53 bits per heavy atom. The number of H-pyrrole nitrogens is 1. The topological polar surface area (TPSA) is 19.7 Å². The number of hydrogen-bond acceptors (Lipinski definition) is 0.